The van der Waals surface area contributed by atoms with Gasteiger partial charge in [0, 0.05) is 26.7 Å². The fourth-order valence-electron chi connectivity index (χ4n) is 2.66. The zero-order valence-electron chi connectivity index (χ0n) is 12.7. The van der Waals surface area contributed by atoms with E-state index in [9.17, 15) is 9.59 Å². The molecule has 1 saturated heterocycles. The molecule has 2 atom stereocenters. The van der Waals surface area contributed by atoms with Gasteiger partial charge in [0.05, 0.1) is 12.0 Å². The van der Waals surface area contributed by atoms with Gasteiger partial charge in [-0.25, -0.2) is 4.79 Å². The number of amides is 2. The number of rotatable bonds is 5. The monoisotopic (exact) mass is 306 g/mol. The summed E-state index contributed by atoms with van der Waals surface area (Å²) in [6.45, 7) is 1.22. The van der Waals surface area contributed by atoms with Gasteiger partial charge >= 0.3 is 12.0 Å². The maximum atomic E-state index is 12.2. The van der Waals surface area contributed by atoms with Crippen LogP contribution < -0.4 is 5.32 Å². The van der Waals surface area contributed by atoms with E-state index >= 15 is 0 Å². The lowest BCUT2D eigenvalue weighted by Crippen LogP contribution is -2.47. The van der Waals surface area contributed by atoms with Crippen LogP contribution in [-0.4, -0.2) is 48.8 Å². The topological polar surface area (TPSA) is 78.9 Å². The van der Waals surface area contributed by atoms with E-state index in [4.69, 9.17) is 9.84 Å². The second kappa shape index (κ2) is 7.79. The summed E-state index contributed by atoms with van der Waals surface area (Å²) in [6, 6.07) is 9.43. The first-order chi connectivity index (χ1) is 10.6. The van der Waals surface area contributed by atoms with E-state index in [2.05, 4.69) is 5.32 Å². The highest BCUT2D eigenvalue weighted by atomic mass is 16.5. The molecule has 6 heteroatoms. The summed E-state index contributed by atoms with van der Waals surface area (Å²) in [6.07, 6.45) is 1.13. The summed E-state index contributed by atoms with van der Waals surface area (Å²) in [5.41, 5.74) is 0.993. The molecule has 1 aliphatic heterocycles. The van der Waals surface area contributed by atoms with E-state index in [0.29, 0.717) is 19.5 Å². The molecule has 0 spiro atoms. The Morgan fingerprint density at radius 1 is 1.41 bits per heavy atom. The number of aliphatic carboxylic acids is 1. The third kappa shape index (κ3) is 4.21. The van der Waals surface area contributed by atoms with Crippen LogP contribution in [-0.2, 0) is 9.53 Å². The van der Waals surface area contributed by atoms with Crippen LogP contribution >= 0.6 is 0 Å². The average molecular weight is 306 g/mol. The lowest BCUT2D eigenvalue weighted by molar-refractivity contribution is -0.143. The van der Waals surface area contributed by atoms with Gasteiger partial charge in [-0.05, 0) is 18.4 Å². The second-order valence-corrected chi connectivity index (χ2v) is 5.44. The Bertz CT molecular complexity index is 506. The quantitative estimate of drug-likeness (QED) is 0.870. The number of piperidine rings is 1. The number of carbonyl (C=O) groups is 2. The number of methoxy groups -OCH3 is 1. The fourth-order valence-corrected chi connectivity index (χ4v) is 2.66. The van der Waals surface area contributed by atoms with E-state index in [1.165, 1.54) is 0 Å². The molecule has 0 aliphatic carbocycles. The van der Waals surface area contributed by atoms with Crippen LogP contribution in [0.15, 0.2) is 30.3 Å². The summed E-state index contributed by atoms with van der Waals surface area (Å²) < 4.78 is 5.41. The van der Waals surface area contributed by atoms with Crippen LogP contribution in [0.5, 0.6) is 0 Å². The predicted molar refractivity (Wildman–Crippen MR) is 81.5 cm³/mol. The molecular formula is C16H22N2O4. The van der Waals surface area contributed by atoms with Gasteiger partial charge in [-0.3, -0.25) is 4.79 Å². The smallest absolute Gasteiger partial charge is 0.317 e. The maximum absolute atomic E-state index is 12.2. The van der Waals surface area contributed by atoms with Crippen molar-refractivity contribution in [2.24, 2.45) is 5.92 Å². The number of nitrogens with one attached hydrogen (secondary N) is 1. The molecule has 2 amide bonds. The molecule has 120 valence electrons. The molecular weight excluding hydrogens is 284 g/mol. The van der Waals surface area contributed by atoms with E-state index in [-0.39, 0.29) is 18.7 Å². The molecule has 0 radical (unpaired) electrons. The minimum Gasteiger partial charge on any atom is -0.481 e. The van der Waals surface area contributed by atoms with Crippen molar-refractivity contribution in [2.45, 2.75) is 18.9 Å². The van der Waals surface area contributed by atoms with Crippen LogP contribution in [0.3, 0.4) is 0 Å². The highest BCUT2D eigenvalue weighted by Gasteiger charge is 2.28. The van der Waals surface area contributed by atoms with Gasteiger partial charge in [0.25, 0.3) is 0 Å². The van der Waals surface area contributed by atoms with Crippen molar-refractivity contribution in [3.8, 4) is 0 Å². The Hall–Kier alpha value is -2.08. The summed E-state index contributed by atoms with van der Waals surface area (Å²) in [5.74, 6) is -1.30. The first-order valence-electron chi connectivity index (χ1n) is 7.45. The number of hydrogen-bond donors (Lipinski definition) is 2. The highest BCUT2D eigenvalue weighted by molar-refractivity contribution is 5.76. The molecule has 6 nitrogen and oxygen atoms in total. The molecule has 1 aliphatic rings. The number of carbonyl (C=O) groups excluding carboxylic acids is 1. The van der Waals surface area contributed by atoms with Crippen LogP contribution in [0.25, 0.3) is 0 Å². The van der Waals surface area contributed by atoms with Crippen molar-refractivity contribution in [1.82, 2.24) is 10.2 Å². The van der Waals surface area contributed by atoms with E-state index in [1.54, 1.807) is 12.0 Å². The third-order valence-electron chi connectivity index (χ3n) is 3.95. The van der Waals surface area contributed by atoms with Gasteiger partial charge in [-0.2, -0.15) is 0 Å². The minimum atomic E-state index is -0.837. The van der Waals surface area contributed by atoms with Crippen molar-refractivity contribution in [2.75, 3.05) is 26.7 Å². The molecule has 0 bridgehead atoms. The molecule has 0 aromatic heterocycles. The average Bonchev–Trinajstić information content (AvgIpc) is 2.56. The largest absolute Gasteiger partial charge is 0.481 e. The first kappa shape index (κ1) is 16.3. The van der Waals surface area contributed by atoms with E-state index < -0.39 is 11.9 Å². The number of ether oxygens (including phenoxy) is 1. The summed E-state index contributed by atoms with van der Waals surface area (Å²) in [4.78, 5) is 24.8. The zero-order chi connectivity index (χ0) is 15.9. The van der Waals surface area contributed by atoms with Crippen molar-refractivity contribution < 1.29 is 19.4 Å². The highest BCUT2D eigenvalue weighted by Crippen LogP contribution is 2.18. The van der Waals surface area contributed by atoms with Crippen LogP contribution in [0.4, 0.5) is 4.79 Å². The van der Waals surface area contributed by atoms with Gasteiger partial charge in [-0.1, -0.05) is 30.3 Å². The predicted octanol–water partition coefficient (Wildman–Crippen LogP) is 1.88. The molecule has 1 heterocycles. The van der Waals surface area contributed by atoms with Crippen LogP contribution in [0.2, 0.25) is 0 Å². The lowest BCUT2D eigenvalue weighted by Gasteiger charge is -2.31. The number of likely N-dealkylation sites (tertiary alicyclic amines) is 1. The maximum Gasteiger partial charge on any atom is 0.317 e. The Morgan fingerprint density at radius 2 is 2.14 bits per heavy atom. The number of nitrogens with zero attached hydrogens (tertiary/aromatic N) is 1. The Morgan fingerprint density at radius 3 is 2.77 bits per heavy atom. The number of hydrogen-bond acceptors (Lipinski definition) is 3. The molecule has 1 aromatic rings. The normalized spacial score (nSPS) is 19.5. The molecule has 22 heavy (non-hydrogen) atoms. The SMILES string of the molecule is COC(CNC(=O)N1CCCC(C(=O)O)C1)c1ccccc1. The van der Waals surface area contributed by atoms with Crippen molar-refractivity contribution in [3.63, 3.8) is 0 Å². The standard InChI is InChI=1S/C16H22N2O4/c1-22-14(12-6-3-2-4-7-12)10-17-16(21)18-9-5-8-13(11-18)15(19)20/h2-4,6-7,13-14H,5,8-11H2,1H3,(H,17,21)(H,19,20). The summed E-state index contributed by atoms with van der Waals surface area (Å²) in [7, 11) is 1.60. The zero-order valence-corrected chi connectivity index (χ0v) is 12.7. The van der Waals surface area contributed by atoms with Gasteiger partial charge < -0.3 is 20.1 Å². The van der Waals surface area contributed by atoms with Gasteiger partial charge in [-0.15, -0.1) is 0 Å². The number of urea groups is 1. The van der Waals surface area contributed by atoms with E-state index in [1.807, 2.05) is 30.3 Å². The summed E-state index contributed by atoms with van der Waals surface area (Å²) in [5, 5.41) is 11.9. The Kier molecular flexibility index (Phi) is 5.77. The van der Waals surface area contributed by atoms with Crippen molar-refractivity contribution >= 4 is 12.0 Å². The molecule has 2 rings (SSSR count). The fraction of sp³-hybridized carbons (Fsp3) is 0.500. The molecule has 0 saturated carbocycles. The first-order valence-corrected chi connectivity index (χ1v) is 7.45. The van der Waals surface area contributed by atoms with Crippen LogP contribution in [0, 0.1) is 5.92 Å². The van der Waals surface area contributed by atoms with E-state index in [0.717, 1.165) is 12.0 Å². The van der Waals surface area contributed by atoms with Crippen molar-refractivity contribution in [3.05, 3.63) is 35.9 Å². The Labute approximate surface area is 130 Å². The van der Waals surface area contributed by atoms with Gasteiger partial charge in [0.15, 0.2) is 0 Å². The molecule has 1 fully saturated rings. The third-order valence-corrected chi connectivity index (χ3v) is 3.95. The lowest BCUT2D eigenvalue weighted by atomic mass is 9.99. The minimum absolute atomic E-state index is 0.217. The van der Waals surface area contributed by atoms with Crippen molar-refractivity contribution in [1.29, 1.82) is 0 Å². The number of carboxylic acid groups (broad SMARTS) is 1. The number of carboxylic acids is 1. The molecule has 1 aromatic carbocycles. The molecule has 2 unspecified atom stereocenters. The summed E-state index contributed by atoms with van der Waals surface area (Å²) >= 11 is 0. The Balaban J connectivity index is 1.87. The van der Waals surface area contributed by atoms with Crippen LogP contribution in [0.1, 0.15) is 24.5 Å². The van der Waals surface area contributed by atoms with Gasteiger partial charge in [0.2, 0.25) is 0 Å². The second-order valence-electron chi connectivity index (χ2n) is 5.44. The number of benzene rings is 1. The molecule has 2 N–H and O–H groups in total. The van der Waals surface area contributed by atoms with Gasteiger partial charge in [0.1, 0.15) is 0 Å².